The Morgan fingerprint density at radius 2 is 1.82 bits per heavy atom. The molecule has 0 spiro atoms. The van der Waals surface area contributed by atoms with E-state index in [1.807, 2.05) is 6.07 Å². The summed E-state index contributed by atoms with van der Waals surface area (Å²) >= 11 is 0. The van der Waals surface area contributed by atoms with E-state index in [1.54, 1.807) is 18.2 Å². The Morgan fingerprint density at radius 1 is 1.14 bits per heavy atom. The number of ether oxygens (including phenoxy) is 2. The summed E-state index contributed by atoms with van der Waals surface area (Å²) in [6.07, 6.45) is 2.69. The molecular formula is C16H19NO5. The van der Waals surface area contributed by atoms with Crippen LogP contribution in [0.15, 0.2) is 24.3 Å². The molecule has 2 N–H and O–H groups in total. The Labute approximate surface area is 128 Å². The Bertz CT molecular complexity index is 580. The first kappa shape index (κ1) is 14.7. The summed E-state index contributed by atoms with van der Waals surface area (Å²) in [5.41, 5.74) is -1.17. The first-order valence-corrected chi connectivity index (χ1v) is 7.55. The zero-order chi connectivity index (χ0) is 15.6. The zero-order valence-corrected chi connectivity index (χ0v) is 12.2. The number of hydrogen-bond acceptors (Lipinski definition) is 4. The molecule has 1 atom stereocenters. The van der Waals surface area contributed by atoms with Crippen LogP contribution >= 0.6 is 0 Å². The number of carbonyl (C=O) groups is 2. The van der Waals surface area contributed by atoms with Crippen LogP contribution in [0.25, 0.3) is 0 Å². The summed E-state index contributed by atoms with van der Waals surface area (Å²) in [6, 6.07) is 7.11. The number of aliphatic carboxylic acids is 1. The molecule has 1 fully saturated rings. The molecule has 0 bridgehead atoms. The second kappa shape index (κ2) is 5.87. The molecule has 1 heterocycles. The van der Waals surface area contributed by atoms with E-state index in [2.05, 4.69) is 5.32 Å². The van der Waals surface area contributed by atoms with Gasteiger partial charge in [-0.15, -0.1) is 0 Å². The second-order valence-electron chi connectivity index (χ2n) is 5.80. The third-order valence-electron chi connectivity index (χ3n) is 4.28. The fraction of sp³-hybridized carbons (Fsp3) is 0.500. The molecule has 0 aromatic heterocycles. The summed E-state index contributed by atoms with van der Waals surface area (Å²) in [6.45, 7) is 0.0819. The number of para-hydroxylation sites is 2. The van der Waals surface area contributed by atoms with Crippen molar-refractivity contribution in [2.75, 3.05) is 6.61 Å². The molecule has 1 amide bonds. The molecule has 1 aromatic carbocycles. The topological polar surface area (TPSA) is 84.9 Å². The highest BCUT2D eigenvalue weighted by atomic mass is 16.6. The van der Waals surface area contributed by atoms with Crippen LogP contribution in [0.5, 0.6) is 11.5 Å². The molecule has 6 heteroatoms. The first-order valence-electron chi connectivity index (χ1n) is 7.55. The van der Waals surface area contributed by atoms with E-state index in [0.29, 0.717) is 24.3 Å². The molecule has 22 heavy (non-hydrogen) atoms. The lowest BCUT2D eigenvalue weighted by Crippen LogP contribution is -2.59. The average molecular weight is 305 g/mol. The van der Waals surface area contributed by atoms with Crippen molar-refractivity contribution in [1.82, 2.24) is 5.32 Å². The predicted octanol–water partition coefficient (Wildman–Crippen LogP) is 1.73. The van der Waals surface area contributed by atoms with Gasteiger partial charge in [0.25, 0.3) is 5.91 Å². The van der Waals surface area contributed by atoms with Crippen molar-refractivity contribution in [3.8, 4) is 11.5 Å². The summed E-state index contributed by atoms with van der Waals surface area (Å²) in [7, 11) is 0. The van der Waals surface area contributed by atoms with Crippen molar-refractivity contribution in [1.29, 1.82) is 0 Å². The number of carbonyl (C=O) groups excluding carboxylic acids is 1. The summed E-state index contributed by atoms with van der Waals surface area (Å²) in [5, 5.41) is 12.2. The Balaban J connectivity index is 1.70. The van der Waals surface area contributed by atoms with Gasteiger partial charge in [0.05, 0.1) is 0 Å². The van der Waals surface area contributed by atoms with Gasteiger partial charge in [0.15, 0.2) is 11.5 Å². The van der Waals surface area contributed by atoms with E-state index < -0.39 is 23.5 Å². The van der Waals surface area contributed by atoms with Gasteiger partial charge < -0.3 is 19.9 Å². The Kier molecular flexibility index (Phi) is 3.92. The van der Waals surface area contributed by atoms with E-state index in [-0.39, 0.29) is 6.61 Å². The molecule has 1 saturated carbocycles. The maximum absolute atomic E-state index is 12.4. The highest BCUT2D eigenvalue weighted by Crippen LogP contribution is 2.32. The van der Waals surface area contributed by atoms with Crippen LogP contribution in [0.2, 0.25) is 0 Å². The van der Waals surface area contributed by atoms with E-state index in [4.69, 9.17) is 9.47 Å². The lowest BCUT2D eigenvalue weighted by molar-refractivity contribution is -0.151. The molecule has 1 aromatic rings. The van der Waals surface area contributed by atoms with Gasteiger partial charge in [-0.25, -0.2) is 4.79 Å². The third kappa shape index (κ3) is 2.73. The average Bonchev–Trinajstić information content (AvgIpc) is 2.55. The number of carboxylic acids is 1. The van der Waals surface area contributed by atoms with Crippen molar-refractivity contribution in [2.45, 2.75) is 43.7 Å². The summed E-state index contributed by atoms with van der Waals surface area (Å²) < 4.78 is 11.1. The molecule has 118 valence electrons. The van der Waals surface area contributed by atoms with Crippen LogP contribution in [0.1, 0.15) is 32.1 Å². The molecule has 0 unspecified atom stereocenters. The van der Waals surface area contributed by atoms with Crippen LogP contribution in [-0.4, -0.2) is 35.2 Å². The maximum atomic E-state index is 12.4. The molecule has 3 rings (SSSR count). The molecule has 2 aliphatic rings. The molecule has 0 saturated heterocycles. The van der Waals surface area contributed by atoms with E-state index >= 15 is 0 Å². The van der Waals surface area contributed by atoms with Crippen LogP contribution in [0.4, 0.5) is 0 Å². The van der Waals surface area contributed by atoms with Gasteiger partial charge in [-0.2, -0.15) is 0 Å². The normalized spacial score (nSPS) is 22.6. The van der Waals surface area contributed by atoms with Gasteiger partial charge in [-0.3, -0.25) is 4.79 Å². The lowest BCUT2D eigenvalue weighted by atomic mass is 9.81. The van der Waals surface area contributed by atoms with Crippen LogP contribution in [0.3, 0.4) is 0 Å². The van der Waals surface area contributed by atoms with Gasteiger partial charge in [-0.05, 0) is 25.0 Å². The van der Waals surface area contributed by atoms with E-state index in [0.717, 1.165) is 19.3 Å². The van der Waals surface area contributed by atoms with Gasteiger partial charge in [0.1, 0.15) is 12.1 Å². The van der Waals surface area contributed by atoms with Gasteiger partial charge >= 0.3 is 5.97 Å². The molecule has 1 aliphatic heterocycles. The number of nitrogens with one attached hydrogen (secondary N) is 1. The number of carboxylic acid groups (broad SMARTS) is 1. The van der Waals surface area contributed by atoms with Crippen LogP contribution < -0.4 is 14.8 Å². The second-order valence-corrected chi connectivity index (χ2v) is 5.80. The highest BCUT2D eigenvalue weighted by Gasteiger charge is 2.43. The zero-order valence-electron chi connectivity index (χ0n) is 12.2. The predicted molar refractivity (Wildman–Crippen MR) is 77.9 cm³/mol. The van der Waals surface area contributed by atoms with Crippen molar-refractivity contribution in [3.63, 3.8) is 0 Å². The number of benzene rings is 1. The summed E-state index contributed by atoms with van der Waals surface area (Å²) in [5.74, 6) is -0.310. The minimum absolute atomic E-state index is 0.0819. The monoisotopic (exact) mass is 305 g/mol. The number of fused-ring (bicyclic) bond motifs is 1. The number of hydrogen-bond donors (Lipinski definition) is 2. The first-order chi connectivity index (χ1) is 10.6. The van der Waals surface area contributed by atoms with Crippen LogP contribution in [-0.2, 0) is 9.59 Å². The fourth-order valence-corrected chi connectivity index (χ4v) is 3.01. The minimum atomic E-state index is -1.17. The molecular weight excluding hydrogens is 286 g/mol. The number of amides is 1. The molecule has 1 aliphatic carbocycles. The lowest BCUT2D eigenvalue weighted by Gasteiger charge is -2.35. The summed E-state index contributed by atoms with van der Waals surface area (Å²) in [4.78, 5) is 24.0. The van der Waals surface area contributed by atoms with Crippen molar-refractivity contribution in [2.24, 2.45) is 0 Å². The van der Waals surface area contributed by atoms with Gasteiger partial charge in [-0.1, -0.05) is 31.4 Å². The quantitative estimate of drug-likeness (QED) is 0.888. The third-order valence-corrected chi connectivity index (χ3v) is 4.28. The Hall–Kier alpha value is -2.24. The van der Waals surface area contributed by atoms with Crippen molar-refractivity contribution >= 4 is 11.9 Å². The highest BCUT2D eigenvalue weighted by molar-refractivity contribution is 5.89. The van der Waals surface area contributed by atoms with Gasteiger partial charge in [0.2, 0.25) is 6.10 Å². The minimum Gasteiger partial charge on any atom is -0.485 e. The maximum Gasteiger partial charge on any atom is 0.329 e. The SMILES string of the molecule is O=C(NC1(C(=O)O)CCCCC1)[C@H]1COc2ccccc2O1. The molecule has 0 radical (unpaired) electrons. The fourth-order valence-electron chi connectivity index (χ4n) is 3.01. The molecule has 6 nitrogen and oxygen atoms in total. The standard InChI is InChI=1S/C16H19NO5/c18-14(17-16(15(19)20)8-4-1-5-9-16)13-10-21-11-6-2-3-7-12(11)22-13/h2-3,6-7,13H,1,4-5,8-10H2,(H,17,18)(H,19,20)/t13-/m1/s1. The van der Waals surface area contributed by atoms with Crippen molar-refractivity contribution < 1.29 is 24.2 Å². The Morgan fingerprint density at radius 3 is 2.50 bits per heavy atom. The smallest absolute Gasteiger partial charge is 0.329 e. The largest absolute Gasteiger partial charge is 0.485 e. The van der Waals surface area contributed by atoms with Crippen molar-refractivity contribution in [3.05, 3.63) is 24.3 Å². The van der Waals surface area contributed by atoms with Gasteiger partial charge in [0, 0.05) is 0 Å². The van der Waals surface area contributed by atoms with E-state index in [9.17, 15) is 14.7 Å². The van der Waals surface area contributed by atoms with Crippen LogP contribution in [0, 0.1) is 0 Å². The number of rotatable bonds is 3. The van der Waals surface area contributed by atoms with E-state index in [1.165, 1.54) is 0 Å².